The molecule has 0 N–H and O–H groups in total. The fourth-order valence-corrected chi connectivity index (χ4v) is 0.520. The monoisotopic (exact) mass is 142 g/mol. The zero-order valence-electron chi connectivity index (χ0n) is 5.54. The minimum atomic E-state index is -0.863. The first-order chi connectivity index (χ1) is 4.83. The number of hydrogen-bond donors (Lipinski definition) is 0. The van der Waals surface area contributed by atoms with Gasteiger partial charge in [-0.1, -0.05) is 0 Å². The van der Waals surface area contributed by atoms with Gasteiger partial charge in [-0.05, 0) is 13.0 Å². The predicted molar refractivity (Wildman–Crippen MR) is 33.4 cm³/mol. The van der Waals surface area contributed by atoms with Crippen molar-refractivity contribution in [2.24, 2.45) is 0 Å². The summed E-state index contributed by atoms with van der Waals surface area (Å²) in [7, 11) is 0. The molecule has 54 valence electrons. The van der Waals surface area contributed by atoms with E-state index in [1.54, 1.807) is 19.1 Å². The largest absolute Gasteiger partial charge is 0.445 e. The normalized spacial score (nSPS) is 9.40. The molecular formula is C6H7FN2O. The van der Waals surface area contributed by atoms with Crippen molar-refractivity contribution in [2.45, 2.75) is 6.92 Å². The molecule has 0 unspecified atom stereocenters. The summed E-state index contributed by atoms with van der Waals surface area (Å²) >= 11 is 0. The number of hydrogen-bond acceptors (Lipinski definition) is 3. The molecule has 0 amide bonds. The lowest BCUT2D eigenvalue weighted by atomic mass is 10.4. The van der Waals surface area contributed by atoms with Crippen LogP contribution in [0.4, 0.5) is 4.39 Å². The summed E-state index contributed by atoms with van der Waals surface area (Å²) in [4.78, 5) is 0. The Morgan fingerprint density at radius 2 is 2.30 bits per heavy atom. The number of ether oxygens (including phenoxy) is 1. The lowest BCUT2D eigenvalue weighted by molar-refractivity contribution is 0.183. The second-order valence-electron chi connectivity index (χ2n) is 1.77. The van der Waals surface area contributed by atoms with Gasteiger partial charge < -0.3 is 4.74 Å². The van der Waals surface area contributed by atoms with Gasteiger partial charge in [-0.3, -0.25) is 0 Å². The maximum Gasteiger partial charge on any atom is 0.235 e. The average Bonchev–Trinajstić information content (AvgIpc) is 1.95. The summed E-state index contributed by atoms with van der Waals surface area (Å²) in [5.74, 6) is 0.216. The van der Waals surface area contributed by atoms with E-state index < -0.39 is 6.86 Å². The Kier molecular flexibility index (Phi) is 2.15. The molecule has 1 heterocycles. The van der Waals surface area contributed by atoms with Gasteiger partial charge in [0.25, 0.3) is 0 Å². The van der Waals surface area contributed by atoms with E-state index in [1.807, 2.05) is 0 Å². The maximum atomic E-state index is 11.5. The molecule has 4 heteroatoms. The molecule has 0 aliphatic heterocycles. The predicted octanol–water partition coefficient (Wildman–Crippen LogP) is 1.09. The lowest BCUT2D eigenvalue weighted by Crippen LogP contribution is -1.95. The first kappa shape index (κ1) is 6.92. The molecule has 0 aliphatic rings. The van der Waals surface area contributed by atoms with Crippen LogP contribution in [0.3, 0.4) is 0 Å². The number of rotatable bonds is 2. The molecule has 3 nitrogen and oxygen atoms in total. The lowest BCUT2D eigenvalue weighted by Gasteiger charge is -1.96. The van der Waals surface area contributed by atoms with Gasteiger partial charge in [-0.15, -0.1) is 5.10 Å². The Balaban J connectivity index is 2.69. The molecule has 1 aromatic heterocycles. The molecule has 0 spiro atoms. The molecule has 0 saturated carbocycles. The van der Waals surface area contributed by atoms with Crippen molar-refractivity contribution in [3.63, 3.8) is 0 Å². The average molecular weight is 142 g/mol. The van der Waals surface area contributed by atoms with Gasteiger partial charge in [-0.25, -0.2) is 4.39 Å². The molecule has 1 aromatic rings. The quantitative estimate of drug-likeness (QED) is 0.620. The van der Waals surface area contributed by atoms with Gasteiger partial charge in [0.15, 0.2) is 0 Å². The summed E-state index contributed by atoms with van der Waals surface area (Å²) in [5, 5.41) is 7.21. The third-order valence-corrected chi connectivity index (χ3v) is 0.976. The van der Waals surface area contributed by atoms with E-state index in [0.717, 1.165) is 5.69 Å². The van der Waals surface area contributed by atoms with Crippen molar-refractivity contribution in [2.75, 3.05) is 6.86 Å². The van der Waals surface area contributed by atoms with Crippen molar-refractivity contribution in [3.05, 3.63) is 17.8 Å². The third kappa shape index (κ3) is 1.65. The topological polar surface area (TPSA) is 35.0 Å². The van der Waals surface area contributed by atoms with Crippen LogP contribution in [-0.2, 0) is 0 Å². The van der Waals surface area contributed by atoms with Crippen molar-refractivity contribution in [1.82, 2.24) is 10.2 Å². The molecule has 0 atom stereocenters. The smallest absolute Gasteiger partial charge is 0.235 e. The van der Waals surface area contributed by atoms with Gasteiger partial charge in [0.2, 0.25) is 12.7 Å². The van der Waals surface area contributed by atoms with Crippen LogP contribution >= 0.6 is 0 Å². The summed E-state index contributed by atoms with van der Waals surface area (Å²) in [5.41, 5.74) is 0.784. The van der Waals surface area contributed by atoms with Crippen molar-refractivity contribution >= 4 is 0 Å². The minimum absolute atomic E-state index is 0.216. The number of nitrogens with zero attached hydrogens (tertiary/aromatic N) is 2. The molecule has 0 fully saturated rings. The molecule has 0 saturated heterocycles. The number of alkyl halides is 1. The fourth-order valence-electron chi connectivity index (χ4n) is 0.520. The van der Waals surface area contributed by atoms with E-state index in [4.69, 9.17) is 0 Å². The van der Waals surface area contributed by atoms with Crippen molar-refractivity contribution in [1.29, 1.82) is 0 Å². The van der Waals surface area contributed by atoms with Gasteiger partial charge in [0, 0.05) is 6.07 Å². The molecule has 0 bridgehead atoms. The fraction of sp³-hybridized carbons (Fsp3) is 0.333. The van der Waals surface area contributed by atoms with Crippen LogP contribution in [0.25, 0.3) is 0 Å². The summed E-state index contributed by atoms with van der Waals surface area (Å²) in [6.07, 6.45) is 0. The highest BCUT2D eigenvalue weighted by molar-refractivity contribution is 5.09. The third-order valence-electron chi connectivity index (χ3n) is 0.976. The van der Waals surface area contributed by atoms with Gasteiger partial charge in [0.05, 0.1) is 5.69 Å². The highest BCUT2D eigenvalue weighted by atomic mass is 19.1. The van der Waals surface area contributed by atoms with Crippen LogP contribution in [-0.4, -0.2) is 17.1 Å². The van der Waals surface area contributed by atoms with E-state index in [2.05, 4.69) is 14.9 Å². The Hall–Kier alpha value is -1.19. The van der Waals surface area contributed by atoms with Gasteiger partial charge in [-0.2, -0.15) is 5.10 Å². The highest BCUT2D eigenvalue weighted by Gasteiger charge is 1.92. The Bertz CT molecular complexity index is 199. The van der Waals surface area contributed by atoms with E-state index in [9.17, 15) is 4.39 Å². The Morgan fingerprint density at radius 1 is 1.50 bits per heavy atom. The molecule has 10 heavy (non-hydrogen) atoms. The first-order valence-electron chi connectivity index (χ1n) is 2.82. The van der Waals surface area contributed by atoms with Crippen LogP contribution in [0, 0.1) is 6.92 Å². The highest BCUT2D eigenvalue weighted by Crippen LogP contribution is 2.02. The second-order valence-corrected chi connectivity index (χ2v) is 1.77. The van der Waals surface area contributed by atoms with Gasteiger partial charge >= 0.3 is 0 Å². The van der Waals surface area contributed by atoms with Crippen molar-refractivity contribution < 1.29 is 9.13 Å². The standard InChI is InChI=1S/C6H7FN2O/c1-5-2-3-6(9-8-5)10-4-7/h2-3H,4H2,1H3. The number of halogens is 1. The van der Waals surface area contributed by atoms with E-state index in [1.165, 1.54) is 0 Å². The SMILES string of the molecule is Cc1ccc(OCF)nn1. The zero-order valence-corrected chi connectivity index (χ0v) is 5.54. The molecule has 0 aliphatic carbocycles. The van der Waals surface area contributed by atoms with Crippen LogP contribution in [0.15, 0.2) is 12.1 Å². The molecule has 1 rings (SSSR count). The summed E-state index contributed by atoms with van der Waals surface area (Å²) in [6.45, 7) is 0.934. The minimum Gasteiger partial charge on any atom is -0.445 e. The van der Waals surface area contributed by atoms with Gasteiger partial charge in [0.1, 0.15) is 0 Å². The van der Waals surface area contributed by atoms with Crippen molar-refractivity contribution in [3.8, 4) is 5.88 Å². The van der Waals surface area contributed by atoms with Crippen LogP contribution in [0.5, 0.6) is 5.88 Å². The summed E-state index contributed by atoms with van der Waals surface area (Å²) < 4.78 is 15.9. The van der Waals surface area contributed by atoms with Crippen LogP contribution in [0.1, 0.15) is 5.69 Å². The Labute approximate surface area is 57.8 Å². The van der Waals surface area contributed by atoms with Crippen LogP contribution < -0.4 is 4.74 Å². The maximum absolute atomic E-state index is 11.5. The van der Waals surface area contributed by atoms with E-state index in [-0.39, 0.29) is 5.88 Å². The number of aromatic nitrogens is 2. The van der Waals surface area contributed by atoms with E-state index >= 15 is 0 Å². The van der Waals surface area contributed by atoms with E-state index in [0.29, 0.717) is 0 Å². The second kappa shape index (κ2) is 3.10. The molecule has 0 radical (unpaired) electrons. The van der Waals surface area contributed by atoms with Crippen LogP contribution in [0.2, 0.25) is 0 Å². The number of aryl methyl sites for hydroxylation is 1. The first-order valence-corrected chi connectivity index (χ1v) is 2.82. The summed E-state index contributed by atoms with van der Waals surface area (Å²) in [6, 6.07) is 3.28. The molecular weight excluding hydrogens is 135 g/mol. The molecule has 0 aromatic carbocycles. The zero-order chi connectivity index (χ0) is 7.40. The Morgan fingerprint density at radius 3 is 2.80 bits per heavy atom.